The van der Waals surface area contributed by atoms with Crippen LogP contribution in [0.15, 0.2) is 18.2 Å². The van der Waals surface area contributed by atoms with Gasteiger partial charge in [-0.15, -0.1) is 0 Å². The van der Waals surface area contributed by atoms with Gasteiger partial charge in [-0.2, -0.15) is 0 Å². The predicted octanol–water partition coefficient (Wildman–Crippen LogP) is 4.03. The first-order chi connectivity index (χ1) is 9.46. The summed E-state index contributed by atoms with van der Waals surface area (Å²) in [5, 5.41) is 4.32. The number of halogens is 2. The van der Waals surface area contributed by atoms with Crippen molar-refractivity contribution in [2.24, 2.45) is 5.92 Å². The van der Waals surface area contributed by atoms with Gasteiger partial charge in [0.25, 0.3) is 0 Å². The van der Waals surface area contributed by atoms with Crippen molar-refractivity contribution >= 4 is 29.2 Å². The van der Waals surface area contributed by atoms with E-state index >= 15 is 0 Å². The Morgan fingerprint density at radius 1 is 1.35 bits per heavy atom. The molecule has 2 fully saturated rings. The van der Waals surface area contributed by atoms with Crippen molar-refractivity contribution in [2.75, 3.05) is 6.54 Å². The molecule has 108 valence electrons. The van der Waals surface area contributed by atoms with Crippen LogP contribution in [-0.4, -0.2) is 23.5 Å². The largest absolute Gasteiger partial charge is 0.335 e. The average molecular weight is 313 g/mol. The third-order valence-electron chi connectivity index (χ3n) is 4.42. The zero-order valence-corrected chi connectivity index (χ0v) is 13.1. The molecule has 0 radical (unpaired) electrons. The molecule has 3 rings (SSSR count). The Morgan fingerprint density at radius 2 is 2.05 bits per heavy atom. The molecule has 1 unspecified atom stereocenters. The minimum Gasteiger partial charge on any atom is -0.335 e. The Bertz CT molecular complexity index is 557. The zero-order chi connectivity index (χ0) is 14.5. The summed E-state index contributed by atoms with van der Waals surface area (Å²) in [6, 6.07) is 5.84. The number of nitrogens with one attached hydrogen (secondary N) is 1. The lowest BCUT2D eigenvalue weighted by atomic mass is 9.79. The number of amides is 2. The number of carbonyl (C=O) groups excluding carboxylic acids is 1. The van der Waals surface area contributed by atoms with Crippen LogP contribution >= 0.6 is 23.2 Å². The number of hydrogen-bond donors (Lipinski definition) is 1. The molecule has 3 nitrogen and oxygen atoms in total. The van der Waals surface area contributed by atoms with Gasteiger partial charge in [0.2, 0.25) is 0 Å². The van der Waals surface area contributed by atoms with Gasteiger partial charge in [-0.1, -0.05) is 37.0 Å². The van der Waals surface area contributed by atoms with Crippen molar-refractivity contribution in [3.63, 3.8) is 0 Å². The van der Waals surface area contributed by atoms with E-state index < -0.39 is 5.54 Å². The second-order valence-electron chi connectivity index (χ2n) is 5.96. The summed E-state index contributed by atoms with van der Waals surface area (Å²) >= 11 is 12.6. The van der Waals surface area contributed by atoms with Crippen molar-refractivity contribution in [3.8, 4) is 0 Å². The van der Waals surface area contributed by atoms with Crippen LogP contribution in [0.1, 0.15) is 32.3 Å². The lowest BCUT2D eigenvalue weighted by Gasteiger charge is -2.42. The van der Waals surface area contributed by atoms with Crippen LogP contribution in [0.5, 0.6) is 0 Å². The molecule has 1 aromatic rings. The molecule has 1 aromatic carbocycles. The first-order valence-electron chi connectivity index (χ1n) is 6.99. The number of hydrogen-bond acceptors (Lipinski definition) is 1. The fourth-order valence-corrected chi connectivity index (χ4v) is 3.69. The SMILES string of the molecule is CC(C)C1(c2cc(Cl)ccc2Cl)CNC(=O)N1C1CC1. The summed E-state index contributed by atoms with van der Waals surface area (Å²) in [6.45, 7) is 4.85. The summed E-state index contributed by atoms with van der Waals surface area (Å²) in [5.74, 6) is 0.248. The normalized spacial score (nSPS) is 26.2. The van der Waals surface area contributed by atoms with E-state index in [0.717, 1.165) is 18.4 Å². The van der Waals surface area contributed by atoms with Crippen LogP contribution in [0.3, 0.4) is 0 Å². The van der Waals surface area contributed by atoms with Crippen molar-refractivity contribution in [1.29, 1.82) is 0 Å². The van der Waals surface area contributed by atoms with Crippen LogP contribution in [0, 0.1) is 5.92 Å². The molecular weight excluding hydrogens is 295 g/mol. The Hall–Kier alpha value is -0.930. The number of nitrogens with zero attached hydrogens (tertiary/aromatic N) is 1. The molecular formula is C15H18Cl2N2O. The van der Waals surface area contributed by atoms with Crippen LogP contribution in [0.4, 0.5) is 4.79 Å². The number of carbonyl (C=O) groups is 1. The first-order valence-corrected chi connectivity index (χ1v) is 7.75. The van der Waals surface area contributed by atoms with Gasteiger partial charge in [0.1, 0.15) is 0 Å². The van der Waals surface area contributed by atoms with Gasteiger partial charge in [0.15, 0.2) is 0 Å². The lowest BCUT2D eigenvalue weighted by Crippen LogP contribution is -2.50. The van der Waals surface area contributed by atoms with E-state index in [-0.39, 0.29) is 11.9 Å². The summed E-state index contributed by atoms with van der Waals surface area (Å²) in [4.78, 5) is 14.3. The molecule has 1 saturated heterocycles. The van der Waals surface area contributed by atoms with Crippen molar-refractivity contribution < 1.29 is 4.79 Å². The average Bonchev–Trinajstić information content (AvgIpc) is 3.16. The number of benzene rings is 1. The van der Waals surface area contributed by atoms with Gasteiger partial charge < -0.3 is 10.2 Å². The van der Waals surface area contributed by atoms with E-state index in [9.17, 15) is 4.79 Å². The third kappa shape index (κ3) is 1.99. The summed E-state index contributed by atoms with van der Waals surface area (Å²) in [6.07, 6.45) is 2.14. The maximum Gasteiger partial charge on any atom is 0.318 e. The lowest BCUT2D eigenvalue weighted by molar-refractivity contribution is 0.107. The highest BCUT2D eigenvalue weighted by atomic mass is 35.5. The van der Waals surface area contributed by atoms with Crippen LogP contribution < -0.4 is 5.32 Å². The Morgan fingerprint density at radius 3 is 2.65 bits per heavy atom. The van der Waals surface area contributed by atoms with E-state index in [2.05, 4.69) is 19.2 Å². The zero-order valence-electron chi connectivity index (χ0n) is 11.6. The molecule has 1 aliphatic heterocycles. The summed E-state index contributed by atoms with van der Waals surface area (Å²) in [5.41, 5.74) is 0.548. The molecule has 1 aliphatic carbocycles. The smallest absolute Gasteiger partial charge is 0.318 e. The second kappa shape index (κ2) is 4.81. The fourth-order valence-electron chi connectivity index (χ4n) is 3.23. The molecule has 20 heavy (non-hydrogen) atoms. The minimum atomic E-state index is -0.403. The van der Waals surface area contributed by atoms with Gasteiger partial charge in [0, 0.05) is 22.6 Å². The number of urea groups is 1. The third-order valence-corrected chi connectivity index (χ3v) is 4.98. The highest BCUT2D eigenvalue weighted by Gasteiger charge is 2.54. The van der Waals surface area contributed by atoms with Gasteiger partial charge in [0.05, 0.1) is 5.54 Å². The molecule has 1 saturated carbocycles. The Labute approximate surface area is 129 Å². The highest BCUT2D eigenvalue weighted by Crippen LogP contribution is 2.47. The number of rotatable bonds is 3. The van der Waals surface area contributed by atoms with Gasteiger partial charge in [-0.25, -0.2) is 4.79 Å². The first kappa shape index (κ1) is 14.0. The standard InChI is InChI=1S/C15H18Cl2N2O/c1-9(2)15(12-7-10(16)3-6-13(12)17)8-18-14(20)19(15)11-4-5-11/h3,6-7,9,11H,4-5,8H2,1-2H3,(H,18,20). The Balaban J connectivity index is 2.17. The topological polar surface area (TPSA) is 32.3 Å². The maximum atomic E-state index is 12.3. The molecule has 1 heterocycles. The van der Waals surface area contributed by atoms with E-state index in [1.807, 2.05) is 17.0 Å². The van der Waals surface area contributed by atoms with Crippen LogP contribution in [0.25, 0.3) is 0 Å². The molecule has 1 N–H and O–H groups in total. The van der Waals surface area contributed by atoms with E-state index in [1.165, 1.54) is 0 Å². The maximum absolute atomic E-state index is 12.3. The molecule has 5 heteroatoms. The quantitative estimate of drug-likeness (QED) is 0.897. The van der Waals surface area contributed by atoms with Crippen molar-refractivity contribution in [1.82, 2.24) is 10.2 Å². The van der Waals surface area contributed by atoms with Crippen molar-refractivity contribution in [3.05, 3.63) is 33.8 Å². The fraction of sp³-hybridized carbons (Fsp3) is 0.533. The summed E-state index contributed by atoms with van der Waals surface area (Å²) in [7, 11) is 0. The minimum absolute atomic E-state index is 0.0113. The van der Waals surface area contributed by atoms with E-state index in [4.69, 9.17) is 23.2 Å². The summed E-state index contributed by atoms with van der Waals surface area (Å²) < 4.78 is 0. The second-order valence-corrected chi connectivity index (χ2v) is 6.81. The molecule has 0 aromatic heterocycles. The molecule has 0 bridgehead atoms. The van der Waals surface area contributed by atoms with E-state index in [0.29, 0.717) is 22.6 Å². The van der Waals surface area contributed by atoms with Gasteiger partial charge in [-0.3, -0.25) is 0 Å². The van der Waals surface area contributed by atoms with E-state index in [1.54, 1.807) is 6.07 Å². The molecule has 2 amide bonds. The van der Waals surface area contributed by atoms with Gasteiger partial charge in [-0.05, 0) is 42.5 Å². The van der Waals surface area contributed by atoms with Crippen LogP contribution in [0.2, 0.25) is 10.0 Å². The highest BCUT2D eigenvalue weighted by molar-refractivity contribution is 6.33. The molecule has 1 atom stereocenters. The molecule has 2 aliphatic rings. The molecule has 0 spiro atoms. The monoisotopic (exact) mass is 312 g/mol. The van der Waals surface area contributed by atoms with Gasteiger partial charge >= 0.3 is 6.03 Å². The van der Waals surface area contributed by atoms with Crippen molar-refractivity contribution in [2.45, 2.75) is 38.3 Å². The predicted molar refractivity (Wildman–Crippen MR) is 81.2 cm³/mol. The Kier molecular flexibility index (Phi) is 3.38. The van der Waals surface area contributed by atoms with Crippen LogP contribution in [-0.2, 0) is 5.54 Å².